The lowest BCUT2D eigenvalue weighted by Gasteiger charge is -2.22. The Morgan fingerprint density at radius 3 is 2.60 bits per heavy atom. The highest BCUT2D eigenvalue weighted by Gasteiger charge is 2.15. The average molecular weight is 277 g/mol. The monoisotopic (exact) mass is 277 g/mol. The quantitative estimate of drug-likeness (QED) is 0.687. The molecule has 0 amide bonds. The SMILES string of the molecule is CCCCC(CC)CC(CN)Cc1cccc(OC)c1. The molecule has 20 heavy (non-hydrogen) atoms. The van der Waals surface area contributed by atoms with Crippen molar-refractivity contribution in [1.82, 2.24) is 0 Å². The lowest BCUT2D eigenvalue weighted by molar-refractivity contribution is 0.339. The summed E-state index contributed by atoms with van der Waals surface area (Å²) in [4.78, 5) is 0. The summed E-state index contributed by atoms with van der Waals surface area (Å²) in [5.41, 5.74) is 7.33. The first-order chi connectivity index (χ1) is 9.73. The fourth-order valence-corrected chi connectivity index (χ4v) is 2.85. The van der Waals surface area contributed by atoms with E-state index in [0.717, 1.165) is 24.6 Å². The predicted molar refractivity (Wildman–Crippen MR) is 87.2 cm³/mol. The molecule has 0 aliphatic carbocycles. The van der Waals surface area contributed by atoms with E-state index < -0.39 is 0 Å². The van der Waals surface area contributed by atoms with Crippen molar-refractivity contribution in [3.63, 3.8) is 0 Å². The molecule has 1 rings (SSSR count). The first-order valence-corrected chi connectivity index (χ1v) is 8.06. The highest BCUT2D eigenvalue weighted by Crippen LogP contribution is 2.24. The molecule has 0 aliphatic heterocycles. The van der Waals surface area contributed by atoms with E-state index in [0.29, 0.717) is 5.92 Å². The fraction of sp³-hybridized carbons (Fsp3) is 0.667. The van der Waals surface area contributed by atoms with Crippen LogP contribution in [0.3, 0.4) is 0 Å². The van der Waals surface area contributed by atoms with Crippen LogP contribution in [0.25, 0.3) is 0 Å². The molecule has 0 spiro atoms. The minimum absolute atomic E-state index is 0.587. The van der Waals surface area contributed by atoms with Gasteiger partial charge in [0, 0.05) is 0 Å². The Hall–Kier alpha value is -1.02. The van der Waals surface area contributed by atoms with Gasteiger partial charge in [-0.2, -0.15) is 0 Å². The van der Waals surface area contributed by atoms with Gasteiger partial charge in [-0.05, 0) is 48.9 Å². The molecule has 2 atom stereocenters. The molecule has 1 aromatic rings. The zero-order chi connectivity index (χ0) is 14.8. The standard InChI is InChI=1S/C18H31NO/c1-4-6-8-15(5-2)11-17(14-19)12-16-9-7-10-18(13-16)20-3/h7,9-10,13,15,17H,4-6,8,11-12,14,19H2,1-3H3. The van der Waals surface area contributed by atoms with E-state index in [-0.39, 0.29) is 0 Å². The molecule has 2 N–H and O–H groups in total. The van der Waals surface area contributed by atoms with Crippen molar-refractivity contribution < 1.29 is 4.74 Å². The largest absolute Gasteiger partial charge is 0.497 e. The first kappa shape index (κ1) is 17.0. The molecular formula is C18H31NO. The van der Waals surface area contributed by atoms with Gasteiger partial charge in [0.25, 0.3) is 0 Å². The Morgan fingerprint density at radius 1 is 1.20 bits per heavy atom. The van der Waals surface area contributed by atoms with Crippen LogP contribution in [-0.2, 0) is 6.42 Å². The van der Waals surface area contributed by atoms with Crippen LogP contribution in [-0.4, -0.2) is 13.7 Å². The molecule has 0 bridgehead atoms. The summed E-state index contributed by atoms with van der Waals surface area (Å²) in [5.74, 6) is 2.36. The second kappa shape index (κ2) is 9.82. The third-order valence-electron chi connectivity index (χ3n) is 4.20. The summed E-state index contributed by atoms with van der Waals surface area (Å²) in [6.07, 6.45) is 7.57. The van der Waals surface area contributed by atoms with Gasteiger partial charge in [0.1, 0.15) is 5.75 Å². The van der Waals surface area contributed by atoms with Gasteiger partial charge in [0.05, 0.1) is 7.11 Å². The zero-order valence-electron chi connectivity index (χ0n) is 13.4. The van der Waals surface area contributed by atoms with E-state index in [1.165, 1.54) is 37.7 Å². The maximum Gasteiger partial charge on any atom is 0.119 e. The van der Waals surface area contributed by atoms with Gasteiger partial charge >= 0.3 is 0 Å². The third-order valence-corrected chi connectivity index (χ3v) is 4.20. The van der Waals surface area contributed by atoms with Crippen molar-refractivity contribution in [2.24, 2.45) is 17.6 Å². The van der Waals surface area contributed by atoms with Crippen LogP contribution < -0.4 is 10.5 Å². The minimum atomic E-state index is 0.587. The fourth-order valence-electron chi connectivity index (χ4n) is 2.85. The third kappa shape index (κ3) is 5.96. The molecular weight excluding hydrogens is 246 g/mol. The Balaban J connectivity index is 2.56. The van der Waals surface area contributed by atoms with Crippen LogP contribution in [0.15, 0.2) is 24.3 Å². The predicted octanol–water partition coefficient (Wildman–Crippen LogP) is 4.42. The molecule has 0 aromatic heterocycles. The molecule has 2 nitrogen and oxygen atoms in total. The van der Waals surface area contributed by atoms with Crippen LogP contribution in [0, 0.1) is 11.8 Å². The maximum absolute atomic E-state index is 5.99. The van der Waals surface area contributed by atoms with Crippen molar-refractivity contribution in [2.45, 2.75) is 52.4 Å². The van der Waals surface area contributed by atoms with E-state index in [4.69, 9.17) is 10.5 Å². The summed E-state index contributed by atoms with van der Waals surface area (Å²) in [6.45, 7) is 5.35. The Kier molecular flexibility index (Phi) is 8.36. The number of methoxy groups -OCH3 is 1. The van der Waals surface area contributed by atoms with Gasteiger partial charge < -0.3 is 10.5 Å². The van der Waals surface area contributed by atoms with Crippen LogP contribution in [0.1, 0.15) is 51.5 Å². The molecule has 0 radical (unpaired) electrons. The van der Waals surface area contributed by atoms with E-state index in [1.54, 1.807) is 7.11 Å². The number of ether oxygens (including phenoxy) is 1. The normalized spacial score (nSPS) is 14.0. The van der Waals surface area contributed by atoms with Crippen molar-refractivity contribution >= 4 is 0 Å². The number of rotatable bonds is 10. The van der Waals surface area contributed by atoms with Crippen LogP contribution in [0.4, 0.5) is 0 Å². The van der Waals surface area contributed by atoms with Crippen molar-refractivity contribution in [2.75, 3.05) is 13.7 Å². The minimum Gasteiger partial charge on any atom is -0.497 e. The van der Waals surface area contributed by atoms with Gasteiger partial charge in [0.2, 0.25) is 0 Å². The highest BCUT2D eigenvalue weighted by molar-refractivity contribution is 5.28. The smallest absolute Gasteiger partial charge is 0.119 e. The number of unbranched alkanes of at least 4 members (excludes halogenated alkanes) is 1. The van der Waals surface area contributed by atoms with E-state index >= 15 is 0 Å². The Labute approximate surface area is 124 Å². The van der Waals surface area contributed by atoms with Crippen molar-refractivity contribution in [3.8, 4) is 5.75 Å². The molecule has 1 aromatic carbocycles. The number of nitrogens with two attached hydrogens (primary N) is 1. The van der Waals surface area contributed by atoms with E-state index in [9.17, 15) is 0 Å². The average Bonchev–Trinajstić information content (AvgIpc) is 2.50. The number of benzene rings is 1. The molecule has 0 aliphatic rings. The van der Waals surface area contributed by atoms with Crippen LogP contribution in [0.2, 0.25) is 0 Å². The van der Waals surface area contributed by atoms with E-state index in [1.807, 2.05) is 6.07 Å². The van der Waals surface area contributed by atoms with Crippen LogP contribution in [0.5, 0.6) is 5.75 Å². The second-order valence-electron chi connectivity index (χ2n) is 5.81. The summed E-state index contributed by atoms with van der Waals surface area (Å²) in [6, 6.07) is 8.38. The second-order valence-corrected chi connectivity index (χ2v) is 5.81. The molecule has 2 heteroatoms. The molecule has 0 fully saturated rings. The van der Waals surface area contributed by atoms with Gasteiger partial charge in [-0.25, -0.2) is 0 Å². The maximum atomic E-state index is 5.99. The summed E-state index contributed by atoms with van der Waals surface area (Å²) in [7, 11) is 1.72. The van der Waals surface area contributed by atoms with Gasteiger partial charge in [-0.15, -0.1) is 0 Å². The molecule has 2 unspecified atom stereocenters. The lowest BCUT2D eigenvalue weighted by Crippen LogP contribution is -2.20. The molecule has 0 heterocycles. The Morgan fingerprint density at radius 2 is 2.00 bits per heavy atom. The first-order valence-electron chi connectivity index (χ1n) is 8.06. The van der Waals surface area contributed by atoms with E-state index in [2.05, 4.69) is 32.0 Å². The lowest BCUT2D eigenvalue weighted by atomic mass is 9.85. The number of hydrogen-bond donors (Lipinski definition) is 1. The highest BCUT2D eigenvalue weighted by atomic mass is 16.5. The summed E-state index contributed by atoms with van der Waals surface area (Å²) >= 11 is 0. The zero-order valence-corrected chi connectivity index (χ0v) is 13.4. The summed E-state index contributed by atoms with van der Waals surface area (Å²) < 4.78 is 5.29. The van der Waals surface area contributed by atoms with Gasteiger partial charge in [0.15, 0.2) is 0 Å². The van der Waals surface area contributed by atoms with Crippen molar-refractivity contribution in [3.05, 3.63) is 29.8 Å². The molecule has 114 valence electrons. The summed E-state index contributed by atoms with van der Waals surface area (Å²) in [5, 5.41) is 0. The van der Waals surface area contributed by atoms with Gasteiger partial charge in [-0.3, -0.25) is 0 Å². The van der Waals surface area contributed by atoms with Crippen molar-refractivity contribution in [1.29, 1.82) is 0 Å². The topological polar surface area (TPSA) is 35.2 Å². The molecule has 0 saturated carbocycles. The van der Waals surface area contributed by atoms with Crippen LogP contribution >= 0.6 is 0 Å². The number of hydrogen-bond acceptors (Lipinski definition) is 2. The van der Waals surface area contributed by atoms with Gasteiger partial charge in [-0.1, -0.05) is 51.7 Å². The Bertz CT molecular complexity index is 364. The molecule has 0 saturated heterocycles.